The number of unbranched alkanes of at least 4 members (excludes halogenated alkanes) is 3. The van der Waals surface area contributed by atoms with Gasteiger partial charge >= 0.3 is 5.97 Å². The van der Waals surface area contributed by atoms with Crippen LogP contribution in [0.1, 0.15) is 36.0 Å². The van der Waals surface area contributed by atoms with Crippen LogP contribution in [0, 0.1) is 0 Å². The van der Waals surface area contributed by atoms with Crippen molar-refractivity contribution < 1.29 is 15.0 Å². The molecule has 0 fully saturated rings. The second-order valence-electron chi connectivity index (χ2n) is 4.06. The van der Waals surface area contributed by atoms with E-state index in [4.69, 9.17) is 10.2 Å². The summed E-state index contributed by atoms with van der Waals surface area (Å²) in [6, 6.07) is 5.08. The molecule has 1 aromatic carbocycles. The van der Waals surface area contributed by atoms with Gasteiger partial charge in [-0.1, -0.05) is 28.8 Å². The molecule has 3 N–H and O–H groups in total. The standard InChI is InChI=1S/C13H18BrNO3/c14-10-5-6-11(13(17)18)12(9-10)15-7-3-1-2-4-8-16/h5-6,9,15-16H,1-4,7-8H2,(H,17,18). The van der Waals surface area contributed by atoms with Crippen molar-refractivity contribution in [1.82, 2.24) is 0 Å². The van der Waals surface area contributed by atoms with Crippen LogP contribution in [0.4, 0.5) is 5.69 Å². The predicted molar refractivity (Wildman–Crippen MR) is 75.1 cm³/mol. The van der Waals surface area contributed by atoms with E-state index in [9.17, 15) is 4.79 Å². The van der Waals surface area contributed by atoms with E-state index in [-0.39, 0.29) is 12.2 Å². The van der Waals surface area contributed by atoms with Gasteiger partial charge in [-0.2, -0.15) is 0 Å². The molecule has 0 radical (unpaired) electrons. The lowest BCUT2D eigenvalue weighted by Gasteiger charge is -2.10. The third-order valence-corrected chi connectivity index (χ3v) is 3.11. The van der Waals surface area contributed by atoms with Crippen molar-refractivity contribution in [2.45, 2.75) is 25.7 Å². The molecule has 5 heteroatoms. The van der Waals surface area contributed by atoms with E-state index in [1.54, 1.807) is 18.2 Å². The SMILES string of the molecule is O=C(O)c1ccc(Br)cc1NCCCCCCO. The van der Waals surface area contributed by atoms with Crippen LogP contribution in [0.15, 0.2) is 22.7 Å². The topological polar surface area (TPSA) is 69.6 Å². The van der Waals surface area contributed by atoms with Crippen molar-refractivity contribution in [2.75, 3.05) is 18.5 Å². The van der Waals surface area contributed by atoms with Crippen LogP contribution >= 0.6 is 15.9 Å². The summed E-state index contributed by atoms with van der Waals surface area (Å²) in [5, 5.41) is 20.8. The van der Waals surface area contributed by atoms with Crippen molar-refractivity contribution in [3.8, 4) is 0 Å². The summed E-state index contributed by atoms with van der Waals surface area (Å²) in [7, 11) is 0. The monoisotopic (exact) mass is 315 g/mol. The average molecular weight is 316 g/mol. The Hall–Kier alpha value is -1.07. The molecule has 0 amide bonds. The number of carboxylic acids is 1. The van der Waals surface area contributed by atoms with Gasteiger partial charge in [-0.3, -0.25) is 0 Å². The number of hydrogen-bond acceptors (Lipinski definition) is 3. The molecule has 0 aromatic heterocycles. The molecule has 0 aliphatic heterocycles. The Kier molecular flexibility index (Phi) is 6.75. The third kappa shape index (κ3) is 5.06. The van der Waals surface area contributed by atoms with Crippen molar-refractivity contribution in [3.63, 3.8) is 0 Å². The van der Waals surface area contributed by atoms with Crippen LogP contribution < -0.4 is 5.32 Å². The first-order chi connectivity index (χ1) is 8.65. The lowest BCUT2D eigenvalue weighted by molar-refractivity contribution is 0.0698. The molecular formula is C13H18BrNO3. The molecule has 0 atom stereocenters. The zero-order valence-corrected chi connectivity index (χ0v) is 11.7. The largest absolute Gasteiger partial charge is 0.478 e. The molecule has 0 spiro atoms. The summed E-state index contributed by atoms with van der Waals surface area (Å²) in [4.78, 5) is 11.0. The van der Waals surface area contributed by atoms with Gasteiger partial charge in [0.05, 0.1) is 5.56 Å². The molecule has 0 bridgehead atoms. The van der Waals surface area contributed by atoms with E-state index in [0.29, 0.717) is 5.69 Å². The number of hydrogen-bond donors (Lipinski definition) is 3. The lowest BCUT2D eigenvalue weighted by Crippen LogP contribution is -2.07. The van der Waals surface area contributed by atoms with Gasteiger partial charge in [0.2, 0.25) is 0 Å². The fourth-order valence-electron chi connectivity index (χ4n) is 1.66. The predicted octanol–water partition coefficient (Wildman–Crippen LogP) is 3.11. The third-order valence-electron chi connectivity index (χ3n) is 2.61. The van der Waals surface area contributed by atoms with Gasteiger partial charge in [-0.25, -0.2) is 4.79 Å². The highest BCUT2D eigenvalue weighted by atomic mass is 79.9. The maximum absolute atomic E-state index is 11.0. The molecule has 0 saturated carbocycles. The second-order valence-corrected chi connectivity index (χ2v) is 4.98. The van der Waals surface area contributed by atoms with E-state index >= 15 is 0 Å². The molecule has 18 heavy (non-hydrogen) atoms. The highest BCUT2D eigenvalue weighted by Crippen LogP contribution is 2.21. The van der Waals surface area contributed by atoms with E-state index < -0.39 is 5.97 Å². The van der Waals surface area contributed by atoms with Crippen LogP contribution in [0.2, 0.25) is 0 Å². The van der Waals surface area contributed by atoms with Crippen molar-refractivity contribution in [2.24, 2.45) is 0 Å². The fourth-order valence-corrected chi connectivity index (χ4v) is 2.02. The van der Waals surface area contributed by atoms with E-state index in [0.717, 1.165) is 36.7 Å². The lowest BCUT2D eigenvalue weighted by atomic mass is 10.1. The number of anilines is 1. The minimum absolute atomic E-state index is 0.238. The van der Waals surface area contributed by atoms with Gasteiger partial charge in [0.15, 0.2) is 0 Å². The summed E-state index contributed by atoms with van der Waals surface area (Å²) in [5.74, 6) is -0.926. The summed E-state index contributed by atoms with van der Waals surface area (Å²) >= 11 is 3.33. The minimum Gasteiger partial charge on any atom is -0.478 e. The van der Waals surface area contributed by atoms with Gasteiger partial charge < -0.3 is 15.5 Å². The van der Waals surface area contributed by atoms with Crippen LogP contribution in [-0.4, -0.2) is 29.3 Å². The molecule has 100 valence electrons. The number of aliphatic hydroxyl groups is 1. The zero-order chi connectivity index (χ0) is 13.4. The van der Waals surface area contributed by atoms with Gasteiger partial charge in [-0.15, -0.1) is 0 Å². The Balaban J connectivity index is 2.45. The highest BCUT2D eigenvalue weighted by Gasteiger charge is 2.09. The van der Waals surface area contributed by atoms with Crippen molar-refractivity contribution >= 4 is 27.6 Å². The van der Waals surface area contributed by atoms with Crippen LogP contribution in [0.3, 0.4) is 0 Å². The number of aromatic carboxylic acids is 1. The van der Waals surface area contributed by atoms with Crippen molar-refractivity contribution in [3.05, 3.63) is 28.2 Å². The Morgan fingerprint density at radius 2 is 1.94 bits per heavy atom. The van der Waals surface area contributed by atoms with E-state index in [1.807, 2.05) is 0 Å². The van der Waals surface area contributed by atoms with E-state index in [1.165, 1.54) is 0 Å². The van der Waals surface area contributed by atoms with E-state index in [2.05, 4.69) is 21.2 Å². The molecule has 0 aliphatic rings. The first kappa shape index (κ1) is 15.0. The molecule has 1 aromatic rings. The number of benzene rings is 1. The number of nitrogens with one attached hydrogen (secondary N) is 1. The Morgan fingerprint density at radius 1 is 1.22 bits per heavy atom. The van der Waals surface area contributed by atoms with Crippen LogP contribution in [0.25, 0.3) is 0 Å². The molecule has 0 saturated heterocycles. The maximum Gasteiger partial charge on any atom is 0.337 e. The van der Waals surface area contributed by atoms with Crippen molar-refractivity contribution in [1.29, 1.82) is 0 Å². The Morgan fingerprint density at radius 3 is 2.61 bits per heavy atom. The molecule has 0 unspecified atom stereocenters. The maximum atomic E-state index is 11.0. The van der Waals surface area contributed by atoms with Gasteiger partial charge in [0.1, 0.15) is 0 Å². The molecule has 0 aliphatic carbocycles. The Labute approximate surface area is 115 Å². The smallest absolute Gasteiger partial charge is 0.337 e. The second kappa shape index (κ2) is 8.11. The van der Waals surface area contributed by atoms with Crippen LogP contribution in [-0.2, 0) is 0 Å². The zero-order valence-electron chi connectivity index (χ0n) is 10.2. The van der Waals surface area contributed by atoms with Gasteiger partial charge in [0.25, 0.3) is 0 Å². The van der Waals surface area contributed by atoms with Gasteiger partial charge in [0, 0.05) is 23.3 Å². The fraction of sp³-hybridized carbons (Fsp3) is 0.462. The van der Waals surface area contributed by atoms with Crippen LogP contribution in [0.5, 0.6) is 0 Å². The normalized spacial score (nSPS) is 10.3. The molecule has 4 nitrogen and oxygen atoms in total. The minimum atomic E-state index is -0.926. The van der Waals surface area contributed by atoms with Gasteiger partial charge in [-0.05, 0) is 31.0 Å². The molecular weight excluding hydrogens is 298 g/mol. The summed E-state index contributed by atoms with van der Waals surface area (Å²) in [6.07, 6.45) is 3.83. The number of rotatable bonds is 8. The highest BCUT2D eigenvalue weighted by molar-refractivity contribution is 9.10. The number of aliphatic hydroxyl groups excluding tert-OH is 1. The summed E-state index contributed by atoms with van der Waals surface area (Å²) < 4.78 is 0.857. The number of halogens is 1. The first-order valence-electron chi connectivity index (χ1n) is 6.02. The number of carboxylic acid groups (broad SMARTS) is 1. The quantitative estimate of drug-likeness (QED) is 0.645. The summed E-state index contributed by atoms with van der Waals surface area (Å²) in [5.41, 5.74) is 0.924. The number of carbonyl (C=O) groups is 1. The molecule has 0 heterocycles. The molecule has 1 rings (SSSR count). The summed E-state index contributed by atoms with van der Waals surface area (Å²) in [6.45, 7) is 0.977. The first-order valence-corrected chi connectivity index (χ1v) is 6.82. The average Bonchev–Trinajstić information content (AvgIpc) is 2.33. The Bertz CT molecular complexity index is 396.